The molecule has 1 spiro atoms. The third kappa shape index (κ3) is 2.33. The fraction of sp³-hybridized carbons (Fsp3) is 0.250. The van der Waals surface area contributed by atoms with Crippen LogP contribution in [-0.4, -0.2) is 24.9 Å². The first-order valence-electron chi connectivity index (χ1n) is 9.75. The summed E-state index contributed by atoms with van der Waals surface area (Å²) < 4.78 is 6.71. The molecule has 0 aliphatic carbocycles. The lowest BCUT2D eigenvalue weighted by Crippen LogP contribution is -2.61. The number of nitrogens with zero attached hydrogens (tertiary/aromatic N) is 2. The number of aliphatic imine (C=N–C) groups is 1. The van der Waals surface area contributed by atoms with Crippen LogP contribution in [0.4, 0.5) is 17.1 Å². The number of nitrogens with one attached hydrogen (secondary N) is 1. The molecule has 1 atom stereocenters. The molecular formula is C24H23N3O2. The van der Waals surface area contributed by atoms with Crippen LogP contribution >= 0.6 is 0 Å². The van der Waals surface area contributed by atoms with Crippen LogP contribution in [0.5, 0.6) is 5.75 Å². The molecule has 5 heteroatoms. The van der Waals surface area contributed by atoms with Crippen LogP contribution in [0.3, 0.4) is 0 Å². The van der Waals surface area contributed by atoms with Crippen molar-refractivity contribution >= 4 is 40.0 Å². The zero-order valence-electron chi connectivity index (χ0n) is 17.0. The molecule has 3 aromatic rings. The molecule has 1 unspecified atom stereocenters. The second-order valence-corrected chi connectivity index (χ2v) is 8.29. The average molecular weight is 385 g/mol. The number of anilines is 2. The quantitative estimate of drug-likeness (QED) is 0.640. The van der Waals surface area contributed by atoms with E-state index in [1.165, 1.54) is 6.92 Å². The van der Waals surface area contributed by atoms with Gasteiger partial charge in [0.1, 0.15) is 11.4 Å². The smallest absolute Gasteiger partial charge is 0.228 e. The van der Waals surface area contributed by atoms with Gasteiger partial charge >= 0.3 is 0 Å². The Bertz CT molecular complexity index is 1200. The van der Waals surface area contributed by atoms with Gasteiger partial charge in [0.25, 0.3) is 0 Å². The molecule has 2 aliphatic heterocycles. The molecule has 0 aromatic heterocycles. The minimum Gasteiger partial charge on any atom is -0.459 e. The van der Waals surface area contributed by atoms with Crippen molar-refractivity contribution in [3.63, 3.8) is 0 Å². The molecule has 0 saturated heterocycles. The number of hydrogen-bond acceptors (Lipinski definition) is 4. The lowest BCUT2D eigenvalue weighted by atomic mass is 9.77. The van der Waals surface area contributed by atoms with Crippen molar-refractivity contribution in [2.45, 2.75) is 31.9 Å². The van der Waals surface area contributed by atoms with Crippen molar-refractivity contribution in [1.29, 1.82) is 0 Å². The standard InChI is InChI=1S/C24H23N3O2/c1-15(28)26-17-10-11-20-19(13-17)23(2,3)24(27(20)4)14-25-22-18-8-6-5-7-16(18)9-12-21(22)29-24/h5-14H,1-4H3,(H,26,28). The molecular weight excluding hydrogens is 362 g/mol. The third-order valence-corrected chi connectivity index (χ3v) is 6.24. The fourth-order valence-electron chi connectivity index (χ4n) is 4.64. The molecule has 29 heavy (non-hydrogen) atoms. The summed E-state index contributed by atoms with van der Waals surface area (Å²) in [5.74, 6) is 0.695. The van der Waals surface area contributed by atoms with Gasteiger partial charge in [-0.2, -0.15) is 0 Å². The van der Waals surface area contributed by atoms with Crippen LogP contribution in [0, 0.1) is 0 Å². The van der Waals surface area contributed by atoms with E-state index in [1.54, 1.807) is 0 Å². The second kappa shape index (κ2) is 5.83. The Hall–Kier alpha value is -3.34. The monoisotopic (exact) mass is 385 g/mol. The largest absolute Gasteiger partial charge is 0.459 e. The Balaban J connectivity index is 1.64. The number of likely N-dealkylation sites (N-methyl/N-ethyl adjacent to an activating group) is 1. The average Bonchev–Trinajstić information content (AvgIpc) is 2.86. The molecule has 5 rings (SSSR count). The zero-order valence-corrected chi connectivity index (χ0v) is 17.0. The summed E-state index contributed by atoms with van der Waals surface area (Å²) in [4.78, 5) is 18.5. The van der Waals surface area contributed by atoms with Gasteiger partial charge in [0.15, 0.2) is 0 Å². The van der Waals surface area contributed by atoms with Crippen molar-refractivity contribution in [1.82, 2.24) is 0 Å². The number of rotatable bonds is 1. The van der Waals surface area contributed by atoms with E-state index in [0.29, 0.717) is 0 Å². The Labute approximate surface area is 170 Å². The van der Waals surface area contributed by atoms with Crippen LogP contribution < -0.4 is 15.0 Å². The Kier molecular flexibility index (Phi) is 3.57. The van der Waals surface area contributed by atoms with Gasteiger partial charge in [-0.25, -0.2) is 0 Å². The summed E-state index contributed by atoms with van der Waals surface area (Å²) in [6.45, 7) is 5.83. The Morgan fingerprint density at radius 2 is 1.90 bits per heavy atom. The highest BCUT2D eigenvalue weighted by atomic mass is 16.5. The molecule has 0 bridgehead atoms. The van der Waals surface area contributed by atoms with Gasteiger partial charge in [-0.15, -0.1) is 0 Å². The van der Waals surface area contributed by atoms with Crippen molar-refractivity contribution in [2.24, 2.45) is 4.99 Å². The molecule has 0 radical (unpaired) electrons. The fourth-order valence-corrected chi connectivity index (χ4v) is 4.64. The molecule has 2 aliphatic rings. The van der Waals surface area contributed by atoms with Crippen LogP contribution in [0.25, 0.3) is 10.8 Å². The van der Waals surface area contributed by atoms with E-state index in [2.05, 4.69) is 42.3 Å². The third-order valence-electron chi connectivity index (χ3n) is 6.24. The van der Waals surface area contributed by atoms with Gasteiger partial charge < -0.3 is 15.0 Å². The first kappa shape index (κ1) is 17.7. The SMILES string of the molecule is CC(=O)Nc1ccc2c(c1)C(C)(C)C1(C=Nc3c(ccc4ccccc34)O1)N2C. The molecule has 146 valence electrons. The van der Waals surface area contributed by atoms with Gasteiger partial charge in [0, 0.05) is 30.7 Å². The Morgan fingerprint density at radius 3 is 2.69 bits per heavy atom. The summed E-state index contributed by atoms with van der Waals surface area (Å²) in [5.41, 5.74) is 2.70. The van der Waals surface area contributed by atoms with Crippen molar-refractivity contribution in [3.8, 4) is 5.75 Å². The maximum absolute atomic E-state index is 11.5. The van der Waals surface area contributed by atoms with Crippen LogP contribution in [0.1, 0.15) is 26.3 Å². The van der Waals surface area contributed by atoms with Crippen LogP contribution in [-0.2, 0) is 10.2 Å². The molecule has 1 N–H and O–H groups in total. The van der Waals surface area contributed by atoms with E-state index in [4.69, 9.17) is 9.73 Å². The van der Waals surface area contributed by atoms with E-state index in [0.717, 1.165) is 39.1 Å². The number of benzene rings is 3. The maximum Gasteiger partial charge on any atom is 0.228 e. The first-order chi connectivity index (χ1) is 13.8. The van der Waals surface area contributed by atoms with Crippen molar-refractivity contribution in [2.75, 3.05) is 17.3 Å². The lowest BCUT2D eigenvalue weighted by Gasteiger charge is -2.45. The van der Waals surface area contributed by atoms with E-state index in [9.17, 15) is 4.79 Å². The maximum atomic E-state index is 11.5. The van der Waals surface area contributed by atoms with Gasteiger partial charge in [0.2, 0.25) is 11.6 Å². The predicted octanol–water partition coefficient (Wildman–Crippen LogP) is 5.02. The zero-order chi connectivity index (χ0) is 20.4. The number of carbonyl (C=O) groups is 1. The summed E-state index contributed by atoms with van der Waals surface area (Å²) in [6.07, 6.45) is 1.93. The van der Waals surface area contributed by atoms with Gasteiger partial charge in [-0.05, 0) is 49.1 Å². The van der Waals surface area contributed by atoms with E-state index >= 15 is 0 Å². The molecule has 1 amide bonds. The number of fused-ring (bicyclic) bond motifs is 4. The summed E-state index contributed by atoms with van der Waals surface area (Å²) in [7, 11) is 2.03. The number of ether oxygens (including phenoxy) is 1. The number of carbonyl (C=O) groups excluding carboxylic acids is 1. The van der Waals surface area contributed by atoms with E-state index in [-0.39, 0.29) is 5.91 Å². The van der Waals surface area contributed by atoms with Crippen LogP contribution in [0.2, 0.25) is 0 Å². The van der Waals surface area contributed by atoms with Gasteiger partial charge in [0.05, 0.1) is 11.6 Å². The Morgan fingerprint density at radius 1 is 1.10 bits per heavy atom. The van der Waals surface area contributed by atoms with E-state index in [1.807, 2.05) is 49.7 Å². The highest BCUT2D eigenvalue weighted by Gasteiger charge is 2.58. The molecule has 0 fully saturated rings. The summed E-state index contributed by atoms with van der Waals surface area (Å²) in [5, 5.41) is 5.11. The topological polar surface area (TPSA) is 53.9 Å². The van der Waals surface area contributed by atoms with Gasteiger partial charge in [-0.3, -0.25) is 9.79 Å². The van der Waals surface area contributed by atoms with E-state index < -0.39 is 11.1 Å². The molecule has 5 nitrogen and oxygen atoms in total. The lowest BCUT2D eigenvalue weighted by molar-refractivity contribution is -0.114. The summed E-state index contributed by atoms with van der Waals surface area (Å²) >= 11 is 0. The summed E-state index contributed by atoms with van der Waals surface area (Å²) in [6, 6.07) is 18.3. The molecule has 3 aromatic carbocycles. The highest BCUT2D eigenvalue weighted by molar-refractivity contribution is 6.00. The molecule has 2 heterocycles. The minimum absolute atomic E-state index is 0.0832. The van der Waals surface area contributed by atoms with Crippen molar-refractivity contribution < 1.29 is 9.53 Å². The van der Waals surface area contributed by atoms with Gasteiger partial charge in [-0.1, -0.05) is 30.3 Å². The first-order valence-corrected chi connectivity index (χ1v) is 9.75. The second-order valence-electron chi connectivity index (χ2n) is 8.29. The minimum atomic E-state index is -0.750. The van der Waals surface area contributed by atoms with Crippen LogP contribution in [0.15, 0.2) is 59.6 Å². The highest BCUT2D eigenvalue weighted by Crippen LogP contribution is 2.54. The molecule has 0 saturated carbocycles. The van der Waals surface area contributed by atoms with Crippen molar-refractivity contribution in [3.05, 3.63) is 60.2 Å². The number of hydrogen-bond donors (Lipinski definition) is 1. The normalized spacial score (nSPS) is 21.0. The predicted molar refractivity (Wildman–Crippen MR) is 118 cm³/mol. The number of amides is 1.